The highest BCUT2D eigenvalue weighted by atomic mass is 32.2. The van der Waals surface area contributed by atoms with Crippen LogP contribution in [-0.4, -0.2) is 42.2 Å². The Bertz CT molecular complexity index is 407. The molecule has 0 radical (unpaired) electrons. The fourth-order valence-electron chi connectivity index (χ4n) is 2.40. The van der Waals surface area contributed by atoms with E-state index in [1.807, 2.05) is 30.5 Å². The van der Waals surface area contributed by atoms with Crippen LogP contribution in [0.15, 0.2) is 29.2 Å². The Balaban J connectivity index is 1.72. The van der Waals surface area contributed by atoms with Crippen molar-refractivity contribution >= 4 is 17.7 Å². The lowest BCUT2D eigenvalue weighted by atomic mass is 10.1. The molecule has 1 aliphatic rings. The number of carbonyl (C=O) groups is 1. The van der Waals surface area contributed by atoms with Gasteiger partial charge in [-0.25, -0.2) is 0 Å². The molecule has 4 heteroatoms. The predicted molar refractivity (Wildman–Crippen MR) is 80.6 cm³/mol. The maximum absolute atomic E-state index is 11.9. The Labute approximate surface area is 119 Å². The summed E-state index contributed by atoms with van der Waals surface area (Å²) in [6.07, 6.45) is 1.10. The Morgan fingerprint density at radius 1 is 1.37 bits per heavy atom. The summed E-state index contributed by atoms with van der Waals surface area (Å²) in [7, 11) is 0. The molecule has 2 rings (SSSR count). The first-order valence-electron chi connectivity index (χ1n) is 6.97. The van der Waals surface area contributed by atoms with Gasteiger partial charge in [0.05, 0.1) is 6.54 Å². The minimum Gasteiger partial charge on any atom is -0.342 e. The number of fused-ring (bicyclic) bond motifs is 1. The van der Waals surface area contributed by atoms with Gasteiger partial charge in [-0.05, 0) is 31.9 Å². The third kappa shape index (κ3) is 3.74. The van der Waals surface area contributed by atoms with E-state index in [1.165, 1.54) is 10.5 Å². The highest BCUT2D eigenvalue weighted by Gasteiger charge is 2.21. The van der Waals surface area contributed by atoms with Crippen LogP contribution >= 0.6 is 11.8 Å². The summed E-state index contributed by atoms with van der Waals surface area (Å²) in [5.41, 5.74) is 1.44. The highest BCUT2D eigenvalue weighted by Crippen LogP contribution is 2.36. The van der Waals surface area contributed by atoms with Gasteiger partial charge in [-0.1, -0.05) is 18.2 Å². The minimum absolute atomic E-state index is 0.200. The van der Waals surface area contributed by atoms with E-state index in [9.17, 15) is 4.79 Å². The van der Waals surface area contributed by atoms with Crippen LogP contribution in [0, 0.1) is 0 Å². The fraction of sp³-hybridized carbons (Fsp3) is 0.533. The maximum Gasteiger partial charge on any atom is 0.236 e. The maximum atomic E-state index is 11.9. The molecule has 1 aromatic carbocycles. The van der Waals surface area contributed by atoms with Crippen LogP contribution in [0.5, 0.6) is 0 Å². The molecule has 0 aliphatic carbocycles. The quantitative estimate of drug-likeness (QED) is 0.865. The van der Waals surface area contributed by atoms with Crippen LogP contribution in [0.3, 0.4) is 0 Å². The van der Waals surface area contributed by atoms with E-state index < -0.39 is 0 Å². The molecule has 1 aromatic rings. The van der Waals surface area contributed by atoms with E-state index in [-0.39, 0.29) is 5.91 Å². The molecule has 0 aromatic heterocycles. The second-order valence-corrected chi connectivity index (χ2v) is 6.09. The number of likely N-dealkylation sites (N-methyl/N-ethyl adjacent to an activating group) is 1. The summed E-state index contributed by atoms with van der Waals surface area (Å²) in [6, 6.07) is 8.56. The summed E-state index contributed by atoms with van der Waals surface area (Å²) in [4.78, 5) is 15.1. The number of thioether (sulfide) groups is 1. The van der Waals surface area contributed by atoms with Gasteiger partial charge >= 0.3 is 0 Å². The molecule has 0 saturated carbocycles. The lowest BCUT2D eigenvalue weighted by molar-refractivity contribution is -0.129. The van der Waals surface area contributed by atoms with E-state index in [0.717, 1.165) is 26.1 Å². The molecular formula is C15H22N2OS. The molecule has 1 N–H and O–H groups in total. The largest absolute Gasteiger partial charge is 0.342 e. The van der Waals surface area contributed by atoms with Crippen molar-refractivity contribution in [2.45, 2.75) is 30.4 Å². The summed E-state index contributed by atoms with van der Waals surface area (Å²) in [6.45, 7) is 6.97. The molecule has 0 saturated heterocycles. The molecule has 3 nitrogen and oxygen atoms in total. The number of nitrogens with zero attached hydrogens (tertiary/aromatic N) is 1. The highest BCUT2D eigenvalue weighted by molar-refractivity contribution is 8.00. The van der Waals surface area contributed by atoms with Gasteiger partial charge in [-0.15, -0.1) is 11.8 Å². The molecule has 19 heavy (non-hydrogen) atoms. The lowest BCUT2D eigenvalue weighted by Gasteiger charge is -2.19. The van der Waals surface area contributed by atoms with Gasteiger partial charge in [0.15, 0.2) is 0 Å². The van der Waals surface area contributed by atoms with Gasteiger partial charge in [-0.3, -0.25) is 4.79 Å². The first-order chi connectivity index (χ1) is 9.24. The van der Waals surface area contributed by atoms with Gasteiger partial charge in [0.25, 0.3) is 0 Å². The van der Waals surface area contributed by atoms with Crippen LogP contribution < -0.4 is 5.32 Å². The Morgan fingerprint density at radius 3 is 2.79 bits per heavy atom. The van der Waals surface area contributed by atoms with E-state index in [2.05, 4.69) is 29.6 Å². The van der Waals surface area contributed by atoms with E-state index in [4.69, 9.17) is 0 Å². The van der Waals surface area contributed by atoms with Crippen molar-refractivity contribution in [3.05, 3.63) is 29.8 Å². The standard InChI is InChI=1S/C15H22N2OS/c1-3-17(4-2)15(18)11-16-10-13-9-12-7-5-6-8-14(12)19-13/h5-8,13,16H,3-4,9-11H2,1-2H3. The number of benzene rings is 1. The van der Waals surface area contributed by atoms with Crippen LogP contribution in [0.2, 0.25) is 0 Å². The topological polar surface area (TPSA) is 32.3 Å². The Kier molecular flexibility index (Phi) is 5.28. The number of amides is 1. The summed E-state index contributed by atoms with van der Waals surface area (Å²) in [5.74, 6) is 0.200. The first-order valence-corrected chi connectivity index (χ1v) is 7.85. The third-order valence-electron chi connectivity index (χ3n) is 3.48. The Morgan fingerprint density at radius 2 is 2.11 bits per heavy atom. The molecule has 0 spiro atoms. The van der Waals surface area contributed by atoms with Crippen molar-refractivity contribution in [1.82, 2.24) is 10.2 Å². The number of nitrogens with one attached hydrogen (secondary N) is 1. The monoisotopic (exact) mass is 278 g/mol. The van der Waals surface area contributed by atoms with Gasteiger partial charge in [0, 0.05) is 29.8 Å². The summed E-state index contributed by atoms with van der Waals surface area (Å²) in [5, 5.41) is 3.86. The molecule has 104 valence electrons. The molecule has 1 aliphatic heterocycles. The lowest BCUT2D eigenvalue weighted by Crippen LogP contribution is -2.39. The molecular weight excluding hydrogens is 256 g/mol. The van der Waals surface area contributed by atoms with Crippen molar-refractivity contribution in [1.29, 1.82) is 0 Å². The molecule has 1 heterocycles. The second-order valence-electron chi connectivity index (χ2n) is 4.75. The van der Waals surface area contributed by atoms with Crippen molar-refractivity contribution < 1.29 is 4.79 Å². The number of hydrogen-bond acceptors (Lipinski definition) is 3. The minimum atomic E-state index is 0.200. The average Bonchev–Trinajstić information content (AvgIpc) is 2.82. The first kappa shape index (κ1) is 14.4. The van der Waals surface area contributed by atoms with Gasteiger partial charge < -0.3 is 10.2 Å². The fourth-order valence-corrected chi connectivity index (χ4v) is 3.68. The van der Waals surface area contributed by atoms with Gasteiger partial charge in [-0.2, -0.15) is 0 Å². The van der Waals surface area contributed by atoms with Crippen LogP contribution in [-0.2, 0) is 11.2 Å². The van der Waals surface area contributed by atoms with Crippen molar-refractivity contribution in [2.75, 3.05) is 26.2 Å². The molecule has 1 unspecified atom stereocenters. The zero-order valence-corrected chi connectivity index (χ0v) is 12.5. The van der Waals surface area contributed by atoms with Crippen molar-refractivity contribution in [2.24, 2.45) is 0 Å². The molecule has 0 fully saturated rings. The molecule has 1 atom stereocenters. The van der Waals surface area contributed by atoms with Crippen molar-refractivity contribution in [3.63, 3.8) is 0 Å². The average molecular weight is 278 g/mol. The summed E-state index contributed by atoms with van der Waals surface area (Å²) >= 11 is 1.92. The normalized spacial score (nSPS) is 17.3. The summed E-state index contributed by atoms with van der Waals surface area (Å²) < 4.78 is 0. The molecule has 0 bridgehead atoms. The predicted octanol–water partition coefficient (Wildman–Crippen LogP) is 2.16. The van der Waals surface area contributed by atoms with Gasteiger partial charge in [0.1, 0.15) is 0 Å². The number of carbonyl (C=O) groups excluding carboxylic acids is 1. The van der Waals surface area contributed by atoms with E-state index in [1.54, 1.807) is 0 Å². The van der Waals surface area contributed by atoms with Crippen LogP contribution in [0.4, 0.5) is 0 Å². The SMILES string of the molecule is CCN(CC)C(=O)CNCC1Cc2ccccc2S1. The van der Waals surface area contributed by atoms with Crippen molar-refractivity contribution in [3.8, 4) is 0 Å². The smallest absolute Gasteiger partial charge is 0.236 e. The van der Waals surface area contributed by atoms with Gasteiger partial charge in [0.2, 0.25) is 5.91 Å². The van der Waals surface area contributed by atoms with E-state index in [0.29, 0.717) is 11.8 Å². The zero-order valence-electron chi connectivity index (χ0n) is 11.7. The number of rotatable bonds is 6. The Hall–Kier alpha value is -1.00. The zero-order chi connectivity index (χ0) is 13.7. The third-order valence-corrected chi connectivity index (χ3v) is 4.80. The second kappa shape index (κ2) is 6.96. The molecule has 1 amide bonds. The number of hydrogen-bond donors (Lipinski definition) is 1. The van der Waals surface area contributed by atoms with Crippen LogP contribution in [0.1, 0.15) is 19.4 Å². The van der Waals surface area contributed by atoms with Crippen LogP contribution in [0.25, 0.3) is 0 Å². The van der Waals surface area contributed by atoms with E-state index >= 15 is 0 Å².